The summed E-state index contributed by atoms with van der Waals surface area (Å²) in [6, 6.07) is 9.49. The predicted molar refractivity (Wildman–Crippen MR) is 78.6 cm³/mol. The molecule has 7 nitrogen and oxygen atoms in total. The van der Waals surface area contributed by atoms with E-state index in [9.17, 15) is 9.59 Å². The van der Waals surface area contributed by atoms with Crippen molar-refractivity contribution in [1.82, 2.24) is 20.6 Å². The van der Waals surface area contributed by atoms with Gasteiger partial charge in [-0.2, -0.15) is 0 Å². The van der Waals surface area contributed by atoms with Gasteiger partial charge in [-0.25, -0.2) is 0 Å². The second-order valence-corrected chi connectivity index (χ2v) is 4.57. The maximum atomic E-state index is 12.2. The summed E-state index contributed by atoms with van der Waals surface area (Å²) in [6.45, 7) is 3.49. The first-order valence-corrected chi connectivity index (χ1v) is 6.66. The van der Waals surface area contributed by atoms with Crippen molar-refractivity contribution in [2.24, 2.45) is 0 Å². The molecule has 0 radical (unpaired) electrons. The molecule has 0 aliphatic heterocycles. The number of aromatic amines is 1. The molecule has 0 saturated carbocycles. The lowest BCUT2D eigenvalue weighted by atomic mass is 9.96. The molecule has 7 heteroatoms. The van der Waals surface area contributed by atoms with Crippen LogP contribution in [0.15, 0.2) is 35.1 Å². The van der Waals surface area contributed by atoms with Crippen LogP contribution in [0.25, 0.3) is 0 Å². The molecule has 0 aliphatic rings. The van der Waals surface area contributed by atoms with E-state index in [1.807, 2.05) is 37.3 Å². The van der Waals surface area contributed by atoms with Gasteiger partial charge < -0.3 is 0 Å². The number of nitrogens with one attached hydrogen (secondary N) is 3. The number of hydrogen-bond acceptors (Lipinski definition) is 5. The molecule has 2 rings (SSSR count). The van der Waals surface area contributed by atoms with Crippen LogP contribution in [-0.2, 0) is 4.79 Å². The maximum absolute atomic E-state index is 12.2. The summed E-state index contributed by atoms with van der Waals surface area (Å²) in [5.41, 5.74) is 5.95. The van der Waals surface area contributed by atoms with Gasteiger partial charge in [-0.3, -0.25) is 25.4 Å². The van der Waals surface area contributed by atoms with Gasteiger partial charge in [0.1, 0.15) is 5.69 Å². The Bertz CT molecular complexity index is 669. The molecule has 21 heavy (non-hydrogen) atoms. The Morgan fingerprint density at radius 1 is 1.29 bits per heavy atom. The standard InChI is InChI=1S/C14H17N5O2/c1-3-11(10-7-5-4-6-8-10)13(21)17-19-14-15-12(20)9(2)16-18-14/h4-8,11H,3H2,1-2H3,(H,17,21)(H2,15,18,19,20). The molecule has 3 N–H and O–H groups in total. The number of hydrazine groups is 1. The molecular weight excluding hydrogens is 270 g/mol. The number of nitrogens with zero attached hydrogens (tertiary/aromatic N) is 2. The van der Waals surface area contributed by atoms with Crippen LogP contribution < -0.4 is 16.4 Å². The summed E-state index contributed by atoms with van der Waals surface area (Å²) in [5.74, 6) is -0.377. The van der Waals surface area contributed by atoms with Crippen LogP contribution in [0.3, 0.4) is 0 Å². The molecule has 1 amide bonds. The molecule has 0 fully saturated rings. The minimum atomic E-state index is -0.350. The van der Waals surface area contributed by atoms with Crippen molar-refractivity contribution in [3.63, 3.8) is 0 Å². The van der Waals surface area contributed by atoms with E-state index in [-0.39, 0.29) is 29.0 Å². The van der Waals surface area contributed by atoms with Crippen LogP contribution in [0.4, 0.5) is 5.95 Å². The minimum absolute atomic E-state index is 0.0989. The molecule has 0 spiro atoms. The predicted octanol–water partition coefficient (Wildman–Crippen LogP) is 1.11. The molecule has 1 atom stereocenters. The molecule has 0 saturated heterocycles. The summed E-state index contributed by atoms with van der Waals surface area (Å²) in [7, 11) is 0. The second kappa shape index (κ2) is 6.65. The van der Waals surface area contributed by atoms with E-state index in [1.165, 1.54) is 0 Å². The van der Waals surface area contributed by atoms with Crippen LogP contribution in [-0.4, -0.2) is 21.1 Å². The van der Waals surface area contributed by atoms with E-state index in [1.54, 1.807) is 6.92 Å². The highest BCUT2D eigenvalue weighted by Gasteiger charge is 2.18. The van der Waals surface area contributed by atoms with Gasteiger partial charge in [0.15, 0.2) is 0 Å². The van der Waals surface area contributed by atoms with Gasteiger partial charge in [-0.15, -0.1) is 10.2 Å². The van der Waals surface area contributed by atoms with Crippen LogP contribution in [0, 0.1) is 6.92 Å². The van der Waals surface area contributed by atoms with E-state index >= 15 is 0 Å². The molecule has 0 bridgehead atoms. The number of hydrogen-bond donors (Lipinski definition) is 3. The second-order valence-electron chi connectivity index (χ2n) is 4.57. The summed E-state index contributed by atoms with van der Waals surface area (Å²) >= 11 is 0. The zero-order valence-electron chi connectivity index (χ0n) is 11.9. The monoisotopic (exact) mass is 287 g/mol. The molecule has 1 unspecified atom stereocenters. The Hall–Kier alpha value is -2.70. The first-order valence-electron chi connectivity index (χ1n) is 6.66. The quantitative estimate of drug-likeness (QED) is 0.715. The van der Waals surface area contributed by atoms with Crippen LogP contribution in [0.2, 0.25) is 0 Å². The topological polar surface area (TPSA) is 99.8 Å². The number of amides is 1. The zero-order chi connectivity index (χ0) is 15.2. The smallest absolute Gasteiger partial charge is 0.274 e. The number of H-pyrrole nitrogens is 1. The van der Waals surface area contributed by atoms with Gasteiger partial charge in [0.2, 0.25) is 11.9 Å². The first kappa shape index (κ1) is 14.7. The Kier molecular flexibility index (Phi) is 4.65. The number of aryl methyl sites for hydroxylation is 1. The number of rotatable bonds is 5. The van der Waals surface area contributed by atoms with E-state index in [0.29, 0.717) is 6.42 Å². The van der Waals surface area contributed by atoms with Crippen LogP contribution in [0.1, 0.15) is 30.5 Å². The van der Waals surface area contributed by atoms with Crippen LogP contribution in [0.5, 0.6) is 0 Å². The highest BCUT2D eigenvalue weighted by Crippen LogP contribution is 2.18. The van der Waals surface area contributed by atoms with Crippen molar-refractivity contribution in [2.45, 2.75) is 26.2 Å². The van der Waals surface area contributed by atoms with Gasteiger partial charge in [0.25, 0.3) is 5.56 Å². The van der Waals surface area contributed by atoms with Crippen LogP contribution >= 0.6 is 0 Å². The van der Waals surface area contributed by atoms with Gasteiger partial charge >= 0.3 is 0 Å². The first-order chi connectivity index (χ1) is 10.1. The Morgan fingerprint density at radius 3 is 2.62 bits per heavy atom. The zero-order valence-corrected chi connectivity index (χ0v) is 11.9. The third kappa shape index (κ3) is 3.65. The van der Waals surface area contributed by atoms with E-state index < -0.39 is 0 Å². The average molecular weight is 287 g/mol. The SMILES string of the molecule is CCC(C(=O)NNc1nnc(C)c(=O)[nH]1)c1ccccc1. The van der Waals surface area contributed by atoms with Crippen molar-refractivity contribution in [1.29, 1.82) is 0 Å². The van der Waals surface area contributed by atoms with Gasteiger partial charge in [-0.1, -0.05) is 37.3 Å². The van der Waals surface area contributed by atoms with Gasteiger partial charge in [0.05, 0.1) is 5.92 Å². The molecule has 1 aromatic carbocycles. The molecule has 1 heterocycles. The fourth-order valence-electron chi connectivity index (χ4n) is 1.92. The Labute approximate surface area is 121 Å². The summed E-state index contributed by atoms with van der Waals surface area (Å²) < 4.78 is 0. The number of carbonyl (C=O) groups excluding carboxylic acids is 1. The van der Waals surface area contributed by atoms with Crippen molar-refractivity contribution >= 4 is 11.9 Å². The third-order valence-corrected chi connectivity index (χ3v) is 3.09. The van der Waals surface area contributed by atoms with Gasteiger partial charge in [0, 0.05) is 0 Å². The van der Waals surface area contributed by atoms with Crippen molar-refractivity contribution in [3.8, 4) is 0 Å². The Morgan fingerprint density at radius 2 is 2.00 bits per heavy atom. The lowest BCUT2D eigenvalue weighted by Gasteiger charge is -2.15. The van der Waals surface area contributed by atoms with Crippen molar-refractivity contribution in [2.75, 3.05) is 5.43 Å². The van der Waals surface area contributed by atoms with Crippen molar-refractivity contribution in [3.05, 3.63) is 51.9 Å². The normalized spacial score (nSPS) is 11.7. The lowest BCUT2D eigenvalue weighted by molar-refractivity contribution is -0.122. The average Bonchev–Trinajstić information content (AvgIpc) is 2.50. The minimum Gasteiger partial charge on any atom is -0.288 e. The number of anilines is 1. The molecule has 110 valence electrons. The summed E-state index contributed by atoms with van der Waals surface area (Å²) in [6.07, 6.45) is 0.660. The molecule has 2 aromatic rings. The molecular formula is C14H17N5O2. The number of benzene rings is 1. The Balaban J connectivity index is 2.03. The summed E-state index contributed by atoms with van der Waals surface area (Å²) in [5, 5.41) is 7.41. The highest BCUT2D eigenvalue weighted by atomic mass is 16.2. The molecule has 1 aromatic heterocycles. The lowest BCUT2D eigenvalue weighted by Crippen LogP contribution is -2.35. The van der Waals surface area contributed by atoms with Gasteiger partial charge in [-0.05, 0) is 18.9 Å². The fraction of sp³-hybridized carbons (Fsp3) is 0.286. The van der Waals surface area contributed by atoms with Crippen molar-refractivity contribution < 1.29 is 4.79 Å². The highest BCUT2D eigenvalue weighted by molar-refractivity contribution is 5.84. The van der Waals surface area contributed by atoms with E-state index in [2.05, 4.69) is 26.0 Å². The van der Waals surface area contributed by atoms with E-state index in [4.69, 9.17) is 0 Å². The number of aromatic nitrogens is 3. The van der Waals surface area contributed by atoms with E-state index in [0.717, 1.165) is 5.56 Å². The third-order valence-electron chi connectivity index (χ3n) is 3.09. The number of carbonyl (C=O) groups is 1. The summed E-state index contributed by atoms with van der Waals surface area (Å²) in [4.78, 5) is 26.0. The molecule has 0 aliphatic carbocycles. The fourth-order valence-corrected chi connectivity index (χ4v) is 1.92. The maximum Gasteiger partial charge on any atom is 0.274 e. The largest absolute Gasteiger partial charge is 0.288 e.